The average Bonchev–Trinajstić information content (AvgIpc) is 3.27. The lowest BCUT2D eigenvalue weighted by molar-refractivity contribution is -0.124. The summed E-state index contributed by atoms with van der Waals surface area (Å²) in [5, 5.41) is 12.6. The van der Waals surface area contributed by atoms with Gasteiger partial charge in [0.2, 0.25) is 5.91 Å². The quantitative estimate of drug-likeness (QED) is 0.462. The number of carbonyl (C=O) groups excluding carboxylic acids is 2. The Morgan fingerprint density at radius 3 is 2.48 bits per heavy atom. The molecule has 0 saturated carbocycles. The van der Waals surface area contributed by atoms with Crippen molar-refractivity contribution in [3.63, 3.8) is 0 Å². The van der Waals surface area contributed by atoms with Crippen molar-refractivity contribution in [3.05, 3.63) is 71.0 Å². The third kappa shape index (κ3) is 4.44. The summed E-state index contributed by atoms with van der Waals surface area (Å²) < 4.78 is 1.99. The van der Waals surface area contributed by atoms with Gasteiger partial charge in [0.15, 0.2) is 5.16 Å². The first-order valence-corrected chi connectivity index (χ1v) is 10.4. The zero-order valence-electron chi connectivity index (χ0n) is 15.4. The summed E-state index contributed by atoms with van der Waals surface area (Å²) in [6.45, 7) is 0.377. The van der Waals surface area contributed by atoms with Crippen molar-refractivity contribution in [2.75, 3.05) is 18.8 Å². The maximum absolute atomic E-state index is 11.7. The van der Waals surface area contributed by atoms with Crippen molar-refractivity contribution < 1.29 is 9.59 Å². The van der Waals surface area contributed by atoms with E-state index in [0.29, 0.717) is 28.9 Å². The standard InChI is InChI=1S/C20H18ClN5O2S/c21-15-6-8-16(9-7-15)26-17(12-14-4-2-1-3-5-14)23-24-20(26)29-11-10-25-18(27)13-22-19(25)28/h1-9H,10-13H2,(H,22,28). The van der Waals surface area contributed by atoms with E-state index >= 15 is 0 Å². The minimum absolute atomic E-state index is 0.0612. The van der Waals surface area contributed by atoms with Crippen LogP contribution in [0.5, 0.6) is 0 Å². The van der Waals surface area contributed by atoms with Gasteiger partial charge in [0.1, 0.15) is 5.82 Å². The fraction of sp³-hybridized carbons (Fsp3) is 0.200. The van der Waals surface area contributed by atoms with Crippen molar-refractivity contribution in [1.29, 1.82) is 0 Å². The van der Waals surface area contributed by atoms with E-state index in [1.165, 1.54) is 16.7 Å². The van der Waals surface area contributed by atoms with Crippen LogP contribution in [0.15, 0.2) is 59.8 Å². The summed E-state index contributed by atoms with van der Waals surface area (Å²) in [6.07, 6.45) is 0.629. The van der Waals surface area contributed by atoms with E-state index in [1.807, 2.05) is 59.2 Å². The Balaban J connectivity index is 1.57. The molecule has 0 spiro atoms. The molecule has 1 N–H and O–H groups in total. The molecule has 29 heavy (non-hydrogen) atoms. The van der Waals surface area contributed by atoms with Crippen molar-refractivity contribution in [2.45, 2.75) is 11.6 Å². The molecule has 0 unspecified atom stereocenters. The maximum Gasteiger partial charge on any atom is 0.324 e. The van der Waals surface area contributed by atoms with Crippen LogP contribution >= 0.6 is 23.4 Å². The second-order valence-electron chi connectivity index (χ2n) is 6.43. The number of benzene rings is 2. The normalized spacial score (nSPS) is 13.8. The van der Waals surface area contributed by atoms with Crippen molar-refractivity contribution in [3.8, 4) is 5.69 Å². The van der Waals surface area contributed by atoms with Crippen molar-refractivity contribution in [1.82, 2.24) is 25.0 Å². The number of hydrogen-bond acceptors (Lipinski definition) is 5. The van der Waals surface area contributed by atoms with Crippen LogP contribution in [0.2, 0.25) is 5.02 Å². The Hall–Kier alpha value is -2.84. The maximum atomic E-state index is 11.7. The van der Waals surface area contributed by atoms with Crippen molar-refractivity contribution >= 4 is 35.3 Å². The zero-order chi connectivity index (χ0) is 20.2. The van der Waals surface area contributed by atoms with Gasteiger partial charge in [0.05, 0.1) is 6.54 Å². The van der Waals surface area contributed by atoms with E-state index in [4.69, 9.17) is 11.6 Å². The van der Waals surface area contributed by atoms with Crippen molar-refractivity contribution in [2.24, 2.45) is 0 Å². The van der Waals surface area contributed by atoms with Gasteiger partial charge >= 0.3 is 6.03 Å². The molecule has 148 valence electrons. The van der Waals surface area contributed by atoms with Gasteiger partial charge < -0.3 is 5.32 Å². The van der Waals surface area contributed by atoms with Crippen LogP contribution in [-0.4, -0.2) is 50.4 Å². The first-order valence-electron chi connectivity index (χ1n) is 9.07. The first kappa shape index (κ1) is 19.5. The Morgan fingerprint density at radius 2 is 1.79 bits per heavy atom. The Morgan fingerprint density at radius 1 is 1.03 bits per heavy atom. The number of rotatable bonds is 7. The molecule has 2 heterocycles. The Bertz CT molecular complexity index is 1010. The molecule has 0 bridgehead atoms. The van der Waals surface area contributed by atoms with Gasteiger partial charge in [-0.1, -0.05) is 53.7 Å². The lowest BCUT2D eigenvalue weighted by Crippen LogP contribution is -2.32. The second kappa shape index (κ2) is 8.67. The number of hydrogen-bond donors (Lipinski definition) is 1. The number of nitrogens with one attached hydrogen (secondary N) is 1. The number of thioether (sulfide) groups is 1. The van der Waals surface area contributed by atoms with Crippen LogP contribution in [0.1, 0.15) is 11.4 Å². The summed E-state index contributed by atoms with van der Waals surface area (Å²) in [7, 11) is 0. The van der Waals surface area contributed by atoms with E-state index in [2.05, 4.69) is 15.5 Å². The smallest absolute Gasteiger partial charge is 0.324 e. The molecule has 4 rings (SSSR count). The number of aromatic nitrogens is 3. The summed E-state index contributed by atoms with van der Waals surface area (Å²) in [5.74, 6) is 1.12. The largest absolute Gasteiger partial charge is 0.329 e. The third-order valence-corrected chi connectivity index (χ3v) is 5.63. The fourth-order valence-electron chi connectivity index (χ4n) is 3.05. The predicted molar refractivity (Wildman–Crippen MR) is 111 cm³/mol. The molecule has 7 nitrogen and oxygen atoms in total. The van der Waals surface area contributed by atoms with E-state index in [0.717, 1.165) is 17.1 Å². The van der Waals surface area contributed by atoms with Gasteiger partial charge in [0.25, 0.3) is 0 Å². The summed E-state index contributed by atoms with van der Waals surface area (Å²) in [4.78, 5) is 24.7. The molecule has 0 aliphatic carbocycles. The average molecular weight is 428 g/mol. The summed E-state index contributed by atoms with van der Waals surface area (Å²) in [6, 6.07) is 17.2. The SMILES string of the molecule is O=C1CNC(=O)N1CCSc1nnc(Cc2ccccc2)n1-c1ccc(Cl)cc1. The number of amides is 3. The number of imide groups is 1. The minimum Gasteiger partial charge on any atom is -0.329 e. The number of halogens is 1. The first-order chi connectivity index (χ1) is 14.1. The van der Waals surface area contributed by atoms with E-state index in [1.54, 1.807) is 0 Å². The molecule has 1 aliphatic rings. The Labute approximate surface area is 177 Å². The molecule has 1 saturated heterocycles. The van der Waals surface area contributed by atoms with Gasteiger partial charge in [-0.25, -0.2) is 4.79 Å². The molecule has 9 heteroatoms. The third-order valence-electron chi connectivity index (χ3n) is 4.47. The topological polar surface area (TPSA) is 80.1 Å². The number of nitrogens with zero attached hydrogens (tertiary/aromatic N) is 4. The van der Waals surface area contributed by atoms with Crippen LogP contribution in [0, 0.1) is 0 Å². The van der Waals surface area contributed by atoms with E-state index < -0.39 is 0 Å². The van der Waals surface area contributed by atoms with E-state index in [-0.39, 0.29) is 18.5 Å². The highest BCUT2D eigenvalue weighted by molar-refractivity contribution is 7.99. The van der Waals surface area contributed by atoms with Gasteiger partial charge in [0, 0.05) is 29.4 Å². The van der Waals surface area contributed by atoms with Gasteiger partial charge in [-0.15, -0.1) is 10.2 Å². The fourth-order valence-corrected chi connectivity index (χ4v) is 4.07. The van der Waals surface area contributed by atoms with Crippen LogP contribution in [0.25, 0.3) is 5.69 Å². The lowest BCUT2D eigenvalue weighted by atomic mass is 10.1. The molecule has 2 aromatic carbocycles. The molecule has 0 atom stereocenters. The van der Waals surface area contributed by atoms with Crippen LogP contribution in [0.3, 0.4) is 0 Å². The molecular formula is C20H18ClN5O2S. The molecule has 1 aromatic heterocycles. The zero-order valence-corrected chi connectivity index (χ0v) is 17.0. The van der Waals surface area contributed by atoms with Gasteiger partial charge in [-0.2, -0.15) is 0 Å². The highest BCUT2D eigenvalue weighted by Crippen LogP contribution is 2.25. The Kier molecular flexibility index (Phi) is 5.82. The van der Waals surface area contributed by atoms with Crippen LogP contribution < -0.4 is 5.32 Å². The second-order valence-corrected chi connectivity index (χ2v) is 7.92. The van der Waals surface area contributed by atoms with Gasteiger partial charge in [-0.05, 0) is 29.8 Å². The predicted octanol–water partition coefficient (Wildman–Crippen LogP) is 3.16. The van der Waals surface area contributed by atoms with Crippen LogP contribution in [0.4, 0.5) is 4.79 Å². The van der Waals surface area contributed by atoms with Crippen LogP contribution in [-0.2, 0) is 11.2 Å². The lowest BCUT2D eigenvalue weighted by Gasteiger charge is -2.13. The number of carbonyl (C=O) groups is 2. The number of urea groups is 1. The monoisotopic (exact) mass is 427 g/mol. The highest BCUT2D eigenvalue weighted by atomic mass is 35.5. The van der Waals surface area contributed by atoms with E-state index in [9.17, 15) is 9.59 Å². The molecule has 1 aliphatic heterocycles. The molecule has 3 amide bonds. The van der Waals surface area contributed by atoms with Gasteiger partial charge in [-0.3, -0.25) is 14.3 Å². The minimum atomic E-state index is -0.348. The molecule has 0 radical (unpaired) electrons. The highest BCUT2D eigenvalue weighted by Gasteiger charge is 2.28. The molecular weight excluding hydrogens is 410 g/mol. The summed E-state index contributed by atoms with van der Waals surface area (Å²) >= 11 is 7.50. The molecule has 3 aromatic rings. The summed E-state index contributed by atoms with van der Waals surface area (Å²) in [5.41, 5.74) is 2.04. The molecule has 1 fully saturated rings.